The number of nitrogens with zero attached hydrogens (tertiary/aromatic N) is 2. The van der Waals surface area contributed by atoms with Gasteiger partial charge in [0.2, 0.25) is 0 Å². The Hall–Kier alpha value is -0.830. The van der Waals surface area contributed by atoms with E-state index in [0.717, 1.165) is 31.9 Å². The molecule has 74 valence electrons. The van der Waals surface area contributed by atoms with Crippen LogP contribution in [0.2, 0.25) is 0 Å². The summed E-state index contributed by atoms with van der Waals surface area (Å²) in [5.74, 6) is 0. The smallest absolute Gasteiger partial charge is 0.0662 e. The Morgan fingerprint density at radius 3 is 2.69 bits per heavy atom. The van der Waals surface area contributed by atoms with E-state index < -0.39 is 0 Å². The zero-order chi connectivity index (χ0) is 9.68. The van der Waals surface area contributed by atoms with E-state index in [1.54, 1.807) is 0 Å². The van der Waals surface area contributed by atoms with Crippen LogP contribution in [-0.2, 0) is 11.3 Å². The van der Waals surface area contributed by atoms with Gasteiger partial charge in [0.15, 0.2) is 0 Å². The molecule has 0 saturated carbocycles. The lowest BCUT2D eigenvalue weighted by Crippen LogP contribution is -2.09. The van der Waals surface area contributed by atoms with Crippen LogP contribution in [0.15, 0.2) is 6.07 Å². The highest BCUT2D eigenvalue weighted by Crippen LogP contribution is 2.01. The van der Waals surface area contributed by atoms with Crippen LogP contribution >= 0.6 is 0 Å². The molecule has 0 fully saturated rings. The molecule has 0 amide bonds. The molecule has 0 atom stereocenters. The Balaban J connectivity index is 2.32. The van der Waals surface area contributed by atoms with Crippen LogP contribution in [0, 0.1) is 13.8 Å². The molecule has 0 aromatic carbocycles. The quantitative estimate of drug-likeness (QED) is 0.650. The first-order chi connectivity index (χ1) is 6.24. The normalized spacial score (nSPS) is 10.7. The summed E-state index contributed by atoms with van der Waals surface area (Å²) in [6.45, 7) is 8.66. The van der Waals surface area contributed by atoms with Crippen LogP contribution in [0.4, 0.5) is 0 Å². The molecular formula is C10H18N2O. The van der Waals surface area contributed by atoms with Gasteiger partial charge in [-0.15, -0.1) is 0 Å². The van der Waals surface area contributed by atoms with Crippen molar-refractivity contribution < 1.29 is 4.74 Å². The highest BCUT2D eigenvalue weighted by Gasteiger charge is 1.99. The van der Waals surface area contributed by atoms with Gasteiger partial charge in [-0.05, 0) is 26.3 Å². The highest BCUT2D eigenvalue weighted by molar-refractivity contribution is 5.06. The lowest BCUT2D eigenvalue weighted by atomic mass is 10.4. The molecule has 0 spiro atoms. The van der Waals surface area contributed by atoms with Crippen molar-refractivity contribution in [1.29, 1.82) is 0 Å². The van der Waals surface area contributed by atoms with Gasteiger partial charge in [0.1, 0.15) is 0 Å². The summed E-state index contributed by atoms with van der Waals surface area (Å²) >= 11 is 0. The number of aryl methyl sites for hydroxylation is 2. The van der Waals surface area contributed by atoms with Crippen LogP contribution < -0.4 is 0 Å². The van der Waals surface area contributed by atoms with E-state index in [1.165, 1.54) is 5.69 Å². The van der Waals surface area contributed by atoms with Gasteiger partial charge in [0.05, 0.1) is 18.8 Å². The molecular weight excluding hydrogens is 164 g/mol. The van der Waals surface area contributed by atoms with Crippen molar-refractivity contribution in [2.45, 2.75) is 33.7 Å². The van der Waals surface area contributed by atoms with Gasteiger partial charge in [-0.3, -0.25) is 4.68 Å². The van der Waals surface area contributed by atoms with Crippen molar-refractivity contribution in [2.24, 2.45) is 0 Å². The average Bonchev–Trinajstić information content (AvgIpc) is 2.39. The SMILES string of the molecule is CCCOCCn1nc(C)cc1C. The molecule has 0 aliphatic rings. The summed E-state index contributed by atoms with van der Waals surface area (Å²) in [6, 6.07) is 2.08. The van der Waals surface area contributed by atoms with Crippen LogP contribution in [0.25, 0.3) is 0 Å². The Bertz CT molecular complexity index is 255. The molecule has 1 aromatic rings. The van der Waals surface area contributed by atoms with Crippen molar-refractivity contribution in [2.75, 3.05) is 13.2 Å². The van der Waals surface area contributed by atoms with E-state index in [0.29, 0.717) is 0 Å². The van der Waals surface area contributed by atoms with Crippen LogP contribution in [-0.4, -0.2) is 23.0 Å². The summed E-state index contributed by atoms with van der Waals surface area (Å²) in [5, 5.41) is 4.34. The molecule has 0 N–H and O–H groups in total. The number of ether oxygens (including phenoxy) is 1. The van der Waals surface area contributed by atoms with Gasteiger partial charge in [-0.2, -0.15) is 5.10 Å². The van der Waals surface area contributed by atoms with E-state index in [4.69, 9.17) is 4.74 Å². The Labute approximate surface area is 79.7 Å². The molecule has 3 heteroatoms. The van der Waals surface area contributed by atoms with Gasteiger partial charge in [0.25, 0.3) is 0 Å². The van der Waals surface area contributed by atoms with Gasteiger partial charge < -0.3 is 4.74 Å². The lowest BCUT2D eigenvalue weighted by Gasteiger charge is -2.04. The molecule has 0 unspecified atom stereocenters. The highest BCUT2D eigenvalue weighted by atomic mass is 16.5. The maximum atomic E-state index is 5.39. The lowest BCUT2D eigenvalue weighted by molar-refractivity contribution is 0.124. The number of hydrogen-bond acceptors (Lipinski definition) is 2. The number of aromatic nitrogens is 2. The monoisotopic (exact) mass is 182 g/mol. The summed E-state index contributed by atoms with van der Waals surface area (Å²) in [5.41, 5.74) is 2.28. The first-order valence-corrected chi connectivity index (χ1v) is 4.83. The maximum absolute atomic E-state index is 5.39. The third kappa shape index (κ3) is 3.19. The molecule has 0 radical (unpaired) electrons. The van der Waals surface area contributed by atoms with Crippen molar-refractivity contribution in [1.82, 2.24) is 9.78 Å². The Morgan fingerprint density at radius 1 is 1.38 bits per heavy atom. The molecule has 1 aromatic heterocycles. The van der Waals surface area contributed by atoms with Crippen molar-refractivity contribution in [3.8, 4) is 0 Å². The van der Waals surface area contributed by atoms with Crippen molar-refractivity contribution in [3.05, 3.63) is 17.5 Å². The summed E-state index contributed by atoms with van der Waals surface area (Å²) in [7, 11) is 0. The van der Waals surface area contributed by atoms with Gasteiger partial charge >= 0.3 is 0 Å². The second kappa shape index (κ2) is 5.02. The summed E-state index contributed by atoms with van der Waals surface area (Å²) in [4.78, 5) is 0. The van der Waals surface area contributed by atoms with Gasteiger partial charge in [-0.1, -0.05) is 6.92 Å². The van der Waals surface area contributed by atoms with E-state index >= 15 is 0 Å². The standard InChI is InChI=1S/C10H18N2O/c1-4-6-13-7-5-12-10(3)8-9(2)11-12/h8H,4-7H2,1-3H3. The fourth-order valence-electron chi connectivity index (χ4n) is 1.30. The molecule has 1 heterocycles. The van der Waals surface area contributed by atoms with Crippen molar-refractivity contribution in [3.63, 3.8) is 0 Å². The predicted octanol–water partition coefficient (Wildman–Crippen LogP) is 1.93. The zero-order valence-corrected chi connectivity index (χ0v) is 8.71. The second-order valence-electron chi connectivity index (χ2n) is 3.26. The Morgan fingerprint density at radius 2 is 2.15 bits per heavy atom. The fourth-order valence-corrected chi connectivity index (χ4v) is 1.30. The van der Waals surface area contributed by atoms with E-state index in [-0.39, 0.29) is 0 Å². The summed E-state index contributed by atoms with van der Waals surface area (Å²) < 4.78 is 7.38. The first-order valence-electron chi connectivity index (χ1n) is 4.83. The average molecular weight is 182 g/mol. The molecule has 13 heavy (non-hydrogen) atoms. The van der Waals surface area contributed by atoms with Gasteiger partial charge in [-0.25, -0.2) is 0 Å². The van der Waals surface area contributed by atoms with Gasteiger partial charge in [0, 0.05) is 12.3 Å². The minimum absolute atomic E-state index is 0.760. The van der Waals surface area contributed by atoms with E-state index in [9.17, 15) is 0 Å². The number of hydrogen-bond donors (Lipinski definition) is 0. The Kier molecular flexibility index (Phi) is 3.96. The van der Waals surface area contributed by atoms with Crippen LogP contribution in [0.3, 0.4) is 0 Å². The predicted molar refractivity (Wildman–Crippen MR) is 52.8 cm³/mol. The minimum atomic E-state index is 0.760. The molecule has 0 aliphatic carbocycles. The zero-order valence-electron chi connectivity index (χ0n) is 8.71. The maximum Gasteiger partial charge on any atom is 0.0662 e. The topological polar surface area (TPSA) is 27.1 Å². The number of rotatable bonds is 5. The largest absolute Gasteiger partial charge is 0.380 e. The third-order valence-electron chi connectivity index (χ3n) is 1.90. The molecule has 0 aliphatic heterocycles. The molecule has 3 nitrogen and oxygen atoms in total. The summed E-state index contributed by atoms with van der Waals surface area (Å²) in [6.07, 6.45) is 1.08. The second-order valence-corrected chi connectivity index (χ2v) is 3.26. The third-order valence-corrected chi connectivity index (χ3v) is 1.90. The minimum Gasteiger partial charge on any atom is -0.380 e. The van der Waals surface area contributed by atoms with Crippen LogP contribution in [0.5, 0.6) is 0 Å². The molecule has 0 saturated heterocycles. The van der Waals surface area contributed by atoms with Crippen LogP contribution in [0.1, 0.15) is 24.7 Å². The van der Waals surface area contributed by atoms with E-state index in [2.05, 4.69) is 25.0 Å². The fraction of sp³-hybridized carbons (Fsp3) is 0.700. The first kappa shape index (κ1) is 10.3. The van der Waals surface area contributed by atoms with Crippen molar-refractivity contribution >= 4 is 0 Å². The molecule has 1 rings (SSSR count). The molecule has 0 bridgehead atoms. The van der Waals surface area contributed by atoms with E-state index in [1.807, 2.05) is 11.6 Å².